The summed E-state index contributed by atoms with van der Waals surface area (Å²) in [7, 11) is 0. The van der Waals surface area contributed by atoms with Gasteiger partial charge in [-0.25, -0.2) is 15.0 Å². The third-order valence-corrected chi connectivity index (χ3v) is 4.67. The quantitative estimate of drug-likeness (QED) is 0.335. The highest BCUT2D eigenvalue weighted by molar-refractivity contribution is 7.11. The smallest absolute Gasteiger partial charge is 0.177 e. The van der Waals surface area contributed by atoms with Crippen LogP contribution in [0.25, 0.3) is 11.2 Å². The van der Waals surface area contributed by atoms with Gasteiger partial charge < -0.3 is 20.1 Å². The van der Waals surface area contributed by atoms with E-state index in [0.29, 0.717) is 17.0 Å². The number of nitrogens with one attached hydrogen (secondary N) is 1. The second-order valence-corrected chi connectivity index (χ2v) is 6.47. The predicted octanol–water partition coefficient (Wildman–Crippen LogP) is -0.660. The first kappa shape index (κ1) is 16.9. The van der Waals surface area contributed by atoms with Crippen LogP contribution in [0.4, 0.5) is 5.82 Å². The molecule has 1 fully saturated rings. The van der Waals surface area contributed by atoms with E-state index in [1.165, 1.54) is 28.6 Å². The van der Waals surface area contributed by atoms with E-state index >= 15 is 0 Å². The average Bonchev–Trinajstić information content (AvgIpc) is 3.37. The lowest BCUT2D eigenvalue weighted by Gasteiger charge is -2.16. The lowest BCUT2D eigenvalue weighted by molar-refractivity contribution is -0.0511. The van der Waals surface area contributed by atoms with Crippen molar-refractivity contribution in [3.05, 3.63) is 29.2 Å². The SMILES string of the molecule is OC[C@H]1O[C@@H](n2cnc3c(N/N=C/c4cncs4)ncnc32)[C@@H](O)[C@H]1O. The Labute approximate surface area is 150 Å². The van der Waals surface area contributed by atoms with Gasteiger partial charge in [0.1, 0.15) is 24.6 Å². The molecular formula is C14H15N7O4S. The van der Waals surface area contributed by atoms with Crippen LogP contribution in [0.5, 0.6) is 0 Å². The molecule has 3 aromatic rings. The standard InChI is InChI=1S/C14H15N7O4S/c22-3-8-10(23)11(24)14(25-8)21-5-18-9-12(16-4-17-13(9)21)20-19-2-7-1-15-6-26-7/h1-2,4-6,8,10-11,14,22-24H,3H2,(H,16,17,20)/b19-2+/t8-,10+,11+,14-/m1/s1. The maximum atomic E-state index is 10.2. The number of hydrogen-bond acceptors (Lipinski definition) is 11. The molecule has 0 amide bonds. The number of hydrazone groups is 1. The van der Waals surface area contributed by atoms with Gasteiger partial charge in [-0.3, -0.25) is 15.0 Å². The average molecular weight is 377 g/mol. The fourth-order valence-corrected chi connectivity index (χ4v) is 3.15. The first-order chi connectivity index (χ1) is 12.7. The Morgan fingerprint density at radius 3 is 2.92 bits per heavy atom. The molecule has 3 aromatic heterocycles. The molecule has 0 bridgehead atoms. The summed E-state index contributed by atoms with van der Waals surface area (Å²) in [5.41, 5.74) is 5.32. The van der Waals surface area contributed by atoms with Gasteiger partial charge in [0.2, 0.25) is 0 Å². The van der Waals surface area contributed by atoms with E-state index in [9.17, 15) is 15.3 Å². The highest BCUT2D eigenvalue weighted by atomic mass is 32.1. The highest BCUT2D eigenvalue weighted by Crippen LogP contribution is 2.32. The fourth-order valence-electron chi connectivity index (χ4n) is 2.68. The number of hydrogen-bond donors (Lipinski definition) is 4. The molecule has 26 heavy (non-hydrogen) atoms. The molecule has 4 rings (SSSR count). The van der Waals surface area contributed by atoms with Crippen LogP contribution >= 0.6 is 11.3 Å². The van der Waals surface area contributed by atoms with Gasteiger partial charge in [0.15, 0.2) is 23.2 Å². The van der Waals surface area contributed by atoms with Crippen LogP contribution in [0.15, 0.2) is 29.5 Å². The van der Waals surface area contributed by atoms with Crippen molar-refractivity contribution in [2.75, 3.05) is 12.0 Å². The Kier molecular flexibility index (Phi) is 4.57. The number of fused-ring (bicyclic) bond motifs is 1. The third-order valence-electron chi connectivity index (χ3n) is 3.96. The van der Waals surface area contributed by atoms with Crippen molar-refractivity contribution in [2.45, 2.75) is 24.5 Å². The van der Waals surface area contributed by atoms with Crippen molar-refractivity contribution < 1.29 is 20.1 Å². The molecule has 1 aliphatic rings. The van der Waals surface area contributed by atoms with E-state index in [1.54, 1.807) is 17.9 Å². The third kappa shape index (κ3) is 2.93. The number of aliphatic hydroxyl groups excluding tert-OH is 3. The summed E-state index contributed by atoms with van der Waals surface area (Å²) >= 11 is 1.44. The van der Waals surface area contributed by atoms with Crippen LogP contribution in [0, 0.1) is 0 Å². The van der Waals surface area contributed by atoms with Crippen LogP contribution in [-0.2, 0) is 4.74 Å². The number of ether oxygens (including phenoxy) is 1. The van der Waals surface area contributed by atoms with Gasteiger partial charge in [-0.15, -0.1) is 11.3 Å². The first-order valence-electron chi connectivity index (χ1n) is 7.66. The zero-order valence-corrected chi connectivity index (χ0v) is 14.1. The van der Waals surface area contributed by atoms with Crippen LogP contribution in [0.2, 0.25) is 0 Å². The Balaban J connectivity index is 1.61. The van der Waals surface area contributed by atoms with Crippen molar-refractivity contribution in [3.8, 4) is 0 Å². The number of nitrogens with zero attached hydrogens (tertiary/aromatic N) is 6. The van der Waals surface area contributed by atoms with Gasteiger partial charge in [-0.1, -0.05) is 0 Å². The molecule has 0 saturated carbocycles. The largest absolute Gasteiger partial charge is 0.394 e. The molecule has 11 nitrogen and oxygen atoms in total. The fraction of sp³-hybridized carbons (Fsp3) is 0.357. The van der Waals surface area contributed by atoms with E-state index in [-0.39, 0.29) is 0 Å². The van der Waals surface area contributed by atoms with Gasteiger partial charge in [0, 0.05) is 6.20 Å². The van der Waals surface area contributed by atoms with Gasteiger partial charge in [-0.2, -0.15) is 5.10 Å². The lowest BCUT2D eigenvalue weighted by atomic mass is 10.1. The molecule has 0 aliphatic carbocycles. The number of rotatable bonds is 5. The second kappa shape index (κ2) is 7.01. The van der Waals surface area contributed by atoms with Crippen molar-refractivity contribution in [1.29, 1.82) is 0 Å². The Hall–Kier alpha value is -2.51. The van der Waals surface area contributed by atoms with Crippen molar-refractivity contribution in [3.63, 3.8) is 0 Å². The highest BCUT2D eigenvalue weighted by Gasteiger charge is 2.44. The number of imidazole rings is 1. The minimum Gasteiger partial charge on any atom is -0.394 e. The summed E-state index contributed by atoms with van der Waals surface area (Å²) in [5.74, 6) is 0.376. The second-order valence-electron chi connectivity index (χ2n) is 5.55. The Bertz CT molecular complexity index is 915. The van der Waals surface area contributed by atoms with Gasteiger partial charge in [0.25, 0.3) is 0 Å². The molecule has 1 saturated heterocycles. The summed E-state index contributed by atoms with van der Waals surface area (Å²) in [6.07, 6.45) is 1.82. The van der Waals surface area contributed by atoms with E-state index in [1.807, 2.05) is 0 Å². The van der Waals surface area contributed by atoms with Gasteiger partial charge in [0.05, 0.1) is 29.5 Å². The summed E-state index contributed by atoms with van der Waals surface area (Å²) in [6, 6.07) is 0. The van der Waals surface area contributed by atoms with E-state index in [0.717, 1.165) is 4.88 Å². The van der Waals surface area contributed by atoms with Crippen molar-refractivity contribution in [1.82, 2.24) is 24.5 Å². The minimum absolute atomic E-state index is 0.376. The number of thiazole rings is 1. The predicted molar refractivity (Wildman–Crippen MR) is 91.7 cm³/mol. The van der Waals surface area contributed by atoms with E-state index in [4.69, 9.17) is 4.74 Å². The summed E-state index contributed by atoms with van der Waals surface area (Å²) in [4.78, 5) is 17.4. The maximum absolute atomic E-state index is 10.2. The molecule has 4 heterocycles. The molecule has 4 N–H and O–H groups in total. The molecule has 12 heteroatoms. The number of aliphatic hydroxyl groups is 3. The zero-order chi connectivity index (χ0) is 18.1. The number of aromatic nitrogens is 5. The number of anilines is 1. The van der Waals surface area contributed by atoms with Crippen LogP contribution in [0.1, 0.15) is 11.1 Å². The van der Waals surface area contributed by atoms with Crippen LogP contribution in [-0.4, -0.2) is 71.0 Å². The maximum Gasteiger partial charge on any atom is 0.177 e. The normalized spacial score (nSPS) is 26.1. The minimum atomic E-state index is -1.22. The molecular weight excluding hydrogens is 362 g/mol. The van der Waals surface area contributed by atoms with E-state index in [2.05, 4.69) is 30.5 Å². The lowest BCUT2D eigenvalue weighted by Crippen LogP contribution is -2.33. The van der Waals surface area contributed by atoms with Crippen LogP contribution in [0.3, 0.4) is 0 Å². The monoisotopic (exact) mass is 377 g/mol. The summed E-state index contributed by atoms with van der Waals surface area (Å²) in [5, 5.41) is 33.4. The topological polar surface area (TPSA) is 151 Å². The van der Waals surface area contributed by atoms with Gasteiger partial charge in [-0.05, 0) is 0 Å². The molecule has 1 aliphatic heterocycles. The zero-order valence-electron chi connectivity index (χ0n) is 13.2. The molecule has 0 unspecified atom stereocenters. The van der Waals surface area contributed by atoms with E-state index < -0.39 is 31.1 Å². The molecule has 0 spiro atoms. The van der Waals surface area contributed by atoms with Gasteiger partial charge >= 0.3 is 0 Å². The first-order valence-corrected chi connectivity index (χ1v) is 8.54. The van der Waals surface area contributed by atoms with Crippen LogP contribution < -0.4 is 5.43 Å². The van der Waals surface area contributed by atoms with Crippen molar-refractivity contribution in [2.24, 2.45) is 5.10 Å². The molecule has 136 valence electrons. The molecule has 4 atom stereocenters. The Morgan fingerprint density at radius 1 is 1.31 bits per heavy atom. The molecule has 0 aromatic carbocycles. The summed E-state index contributed by atoms with van der Waals surface area (Å²) < 4.78 is 7.00. The summed E-state index contributed by atoms with van der Waals surface area (Å²) in [6.45, 7) is -0.407. The Morgan fingerprint density at radius 2 is 2.19 bits per heavy atom. The molecule has 0 radical (unpaired) electrons. The van der Waals surface area contributed by atoms with Crippen molar-refractivity contribution >= 4 is 34.5 Å².